The van der Waals surface area contributed by atoms with Crippen molar-refractivity contribution < 1.29 is 4.74 Å². The summed E-state index contributed by atoms with van der Waals surface area (Å²) in [5, 5.41) is 0. The molecule has 0 atom stereocenters. The monoisotopic (exact) mass is 209 g/mol. The second-order valence-electron chi connectivity index (χ2n) is 6.28. The van der Waals surface area contributed by atoms with Crippen LogP contribution in [0.2, 0.25) is 0 Å². The van der Waals surface area contributed by atoms with Crippen molar-refractivity contribution in [2.75, 3.05) is 19.7 Å². The minimum absolute atomic E-state index is 0.294. The zero-order valence-electron chi connectivity index (χ0n) is 10.1. The first-order valence-corrected chi connectivity index (χ1v) is 6.51. The Morgan fingerprint density at radius 1 is 1.07 bits per heavy atom. The first-order chi connectivity index (χ1) is 7.13. The van der Waals surface area contributed by atoms with Crippen molar-refractivity contribution >= 4 is 0 Å². The van der Waals surface area contributed by atoms with Crippen molar-refractivity contribution in [2.45, 2.75) is 57.6 Å². The lowest BCUT2D eigenvalue weighted by molar-refractivity contribution is -0.0486. The Morgan fingerprint density at radius 3 is 2.20 bits per heavy atom. The van der Waals surface area contributed by atoms with E-state index in [0.717, 1.165) is 6.61 Å². The highest BCUT2D eigenvalue weighted by atomic mass is 16.5. The Hall–Kier alpha value is -0.0800. The molecule has 2 saturated heterocycles. The van der Waals surface area contributed by atoms with Crippen LogP contribution in [0.5, 0.6) is 0 Å². The lowest BCUT2D eigenvalue weighted by Crippen LogP contribution is -2.46. The summed E-state index contributed by atoms with van der Waals surface area (Å²) in [6, 6.07) is 0.707. The standard InChI is InChI=1S/C13H23NO/c1-11(2)14-7-5-13(6-8-14)9-12(3-4-12)10-15-13/h11H,3-10H2,1-2H3. The minimum atomic E-state index is 0.294. The number of likely N-dealkylation sites (tertiary alicyclic amines) is 1. The van der Waals surface area contributed by atoms with Crippen LogP contribution in [0.4, 0.5) is 0 Å². The van der Waals surface area contributed by atoms with Crippen molar-refractivity contribution in [1.29, 1.82) is 0 Å². The molecule has 3 rings (SSSR count). The molecule has 1 aliphatic carbocycles. The first-order valence-electron chi connectivity index (χ1n) is 6.51. The summed E-state index contributed by atoms with van der Waals surface area (Å²) in [7, 11) is 0. The molecule has 2 aliphatic heterocycles. The molecule has 3 fully saturated rings. The molecule has 0 aromatic carbocycles. The van der Waals surface area contributed by atoms with Gasteiger partial charge in [0, 0.05) is 19.1 Å². The Morgan fingerprint density at radius 2 is 1.73 bits per heavy atom. The summed E-state index contributed by atoms with van der Waals surface area (Å²) >= 11 is 0. The molecule has 0 bridgehead atoms. The van der Waals surface area contributed by atoms with Crippen molar-refractivity contribution in [3.63, 3.8) is 0 Å². The van der Waals surface area contributed by atoms with Gasteiger partial charge in [0.1, 0.15) is 0 Å². The van der Waals surface area contributed by atoms with E-state index in [1.54, 1.807) is 0 Å². The van der Waals surface area contributed by atoms with E-state index in [1.165, 1.54) is 45.2 Å². The maximum absolute atomic E-state index is 6.16. The van der Waals surface area contributed by atoms with Crippen LogP contribution < -0.4 is 0 Å². The summed E-state index contributed by atoms with van der Waals surface area (Å²) in [6.07, 6.45) is 6.77. The van der Waals surface area contributed by atoms with Gasteiger partial charge in [0.15, 0.2) is 0 Å². The quantitative estimate of drug-likeness (QED) is 0.657. The van der Waals surface area contributed by atoms with Gasteiger partial charge in [-0.05, 0) is 51.4 Å². The van der Waals surface area contributed by atoms with E-state index in [4.69, 9.17) is 4.74 Å². The van der Waals surface area contributed by atoms with Crippen LogP contribution in [0.25, 0.3) is 0 Å². The zero-order valence-corrected chi connectivity index (χ0v) is 10.1. The molecule has 2 heterocycles. The second kappa shape index (κ2) is 3.21. The molecule has 86 valence electrons. The van der Waals surface area contributed by atoms with Gasteiger partial charge in [-0.1, -0.05) is 0 Å². The van der Waals surface area contributed by atoms with Crippen molar-refractivity contribution in [1.82, 2.24) is 4.90 Å². The van der Waals surface area contributed by atoms with Gasteiger partial charge in [-0.2, -0.15) is 0 Å². The molecule has 2 nitrogen and oxygen atoms in total. The Balaban J connectivity index is 1.61. The van der Waals surface area contributed by atoms with Gasteiger partial charge in [0.25, 0.3) is 0 Å². The Bertz CT molecular complexity index is 249. The van der Waals surface area contributed by atoms with Gasteiger partial charge in [-0.25, -0.2) is 0 Å². The molecule has 0 aromatic rings. The highest BCUT2D eigenvalue weighted by molar-refractivity contribution is 5.06. The SMILES string of the molecule is CC(C)N1CCC2(CC1)CC1(CC1)CO2. The fourth-order valence-electron chi connectivity index (χ4n) is 3.36. The summed E-state index contributed by atoms with van der Waals surface area (Å²) < 4.78 is 6.16. The topological polar surface area (TPSA) is 12.5 Å². The maximum Gasteiger partial charge on any atom is 0.0713 e. The lowest BCUT2D eigenvalue weighted by atomic mass is 9.84. The number of hydrogen-bond donors (Lipinski definition) is 0. The Labute approximate surface area is 93.0 Å². The van der Waals surface area contributed by atoms with Crippen LogP contribution in [-0.2, 0) is 4.74 Å². The largest absolute Gasteiger partial charge is 0.374 e. The van der Waals surface area contributed by atoms with E-state index >= 15 is 0 Å². The number of ether oxygens (including phenoxy) is 1. The summed E-state index contributed by atoms with van der Waals surface area (Å²) in [5.74, 6) is 0. The summed E-state index contributed by atoms with van der Waals surface area (Å²) in [4.78, 5) is 2.59. The predicted octanol–water partition coefficient (Wildman–Crippen LogP) is 2.43. The third kappa shape index (κ3) is 1.72. The van der Waals surface area contributed by atoms with Crippen LogP contribution in [0.15, 0.2) is 0 Å². The molecule has 2 heteroatoms. The summed E-state index contributed by atoms with van der Waals surface area (Å²) in [6.45, 7) is 8.15. The van der Waals surface area contributed by atoms with E-state index < -0.39 is 0 Å². The van der Waals surface area contributed by atoms with Gasteiger partial charge in [-0.15, -0.1) is 0 Å². The smallest absolute Gasteiger partial charge is 0.0713 e. The molecule has 3 aliphatic rings. The van der Waals surface area contributed by atoms with Crippen LogP contribution in [-0.4, -0.2) is 36.2 Å². The predicted molar refractivity (Wildman–Crippen MR) is 60.9 cm³/mol. The van der Waals surface area contributed by atoms with Crippen LogP contribution in [0.3, 0.4) is 0 Å². The van der Waals surface area contributed by atoms with E-state index in [2.05, 4.69) is 18.7 Å². The summed E-state index contributed by atoms with van der Waals surface area (Å²) in [5.41, 5.74) is 0.946. The van der Waals surface area contributed by atoms with Crippen LogP contribution >= 0.6 is 0 Å². The molecule has 0 radical (unpaired) electrons. The van der Waals surface area contributed by atoms with Crippen molar-refractivity contribution in [3.05, 3.63) is 0 Å². The first kappa shape index (κ1) is 10.1. The van der Waals surface area contributed by atoms with E-state index in [9.17, 15) is 0 Å². The fourth-order valence-corrected chi connectivity index (χ4v) is 3.36. The zero-order chi connectivity index (χ0) is 10.5. The van der Waals surface area contributed by atoms with Gasteiger partial charge in [0.05, 0.1) is 12.2 Å². The Kier molecular flexibility index (Phi) is 2.16. The lowest BCUT2D eigenvalue weighted by Gasteiger charge is -2.40. The van der Waals surface area contributed by atoms with Gasteiger partial charge < -0.3 is 9.64 Å². The van der Waals surface area contributed by atoms with E-state index in [-0.39, 0.29) is 0 Å². The molecule has 0 amide bonds. The maximum atomic E-state index is 6.16. The third-order valence-corrected chi connectivity index (χ3v) is 4.78. The molecular formula is C13H23NO. The average molecular weight is 209 g/mol. The third-order valence-electron chi connectivity index (χ3n) is 4.78. The highest BCUT2D eigenvalue weighted by Gasteiger charge is 2.56. The van der Waals surface area contributed by atoms with E-state index in [1.807, 2.05) is 0 Å². The number of piperidine rings is 1. The van der Waals surface area contributed by atoms with Gasteiger partial charge in [0.2, 0.25) is 0 Å². The van der Waals surface area contributed by atoms with Crippen molar-refractivity contribution in [2.24, 2.45) is 5.41 Å². The molecule has 1 saturated carbocycles. The normalized spacial score (nSPS) is 33.0. The number of nitrogens with zero attached hydrogens (tertiary/aromatic N) is 1. The molecule has 15 heavy (non-hydrogen) atoms. The van der Waals surface area contributed by atoms with Crippen LogP contribution in [0, 0.1) is 5.41 Å². The van der Waals surface area contributed by atoms with Gasteiger partial charge >= 0.3 is 0 Å². The average Bonchev–Trinajstić information content (AvgIpc) is 2.87. The fraction of sp³-hybridized carbons (Fsp3) is 1.00. The molecule has 2 spiro atoms. The second-order valence-corrected chi connectivity index (χ2v) is 6.28. The number of rotatable bonds is 1. The molecular weight excluding hydrogens is 186 g/mol. The van der Waals surface area contributed by atoms with Crippen molar-refractivity contribution in [3.8, 4) is 0 Å². The van der Waals surface area contributed by atoms with Gasteiger partial charge in [-0.3, -0.25) is 0 Å². The minimum Gasteiger partial charge on any atom is -0.374 e. The highest BCUT2D eigenvalue weighted by Crippen LogP contribution is 2.59. The molecule has 0 aromatic heterocycles. The molecule has 0 N–H and O–H groups in total. The number of hydrogen-bond acceptors (Lipinski definition) is 2. The van der Waals surface area contributed by atoms with E-state index in [0.29, 0.717) is 17.1 Å². The molecule has 0 unspecified atom stereocenters. The van der Waals surface area contributed by atoms with Crippen LogP contribution in [0.1, 0.15) is 46.0 Å².